The lowest BCUT2D eigenvalue weighted by atomic mass is 9.85. The van der Waals surface area contributed by atoms with Crippen molar-refractivity contribution in [3.63, 3.8) is 0 Å². The van der Waals surface area contributed by atoms with Crippen LogP contribution in [0.25, 0.3) is 0 Å². The number of likely N-dealkylation sites (N-methyl/N-ethyl adjacent to an activating group) is 1. The van der Waals surface area contributed by atoms with Crippen molar-refractivity contribution in [2.45, 2.75) is 31.6 Å². The molecule has 17 heavy (non-hydrogen) atoms. The molecule has 0 radical (unpaired) electrons. The van der Waals surface area contributed by atoms with Crippen molar-refractivity contribution in [3.05, 3.63) is 28.2 Å². The summed E-state index contributed by atoms with van der Waals surface area (Å²) < 4.78 is 12.5. The summed E-state index contributed by atoms with van der Waals surface area (Å²) in [5.74, 6) is 0.910. The van der Waals surface area contributed by atoms with E-state index in [1.54, 1.807) is 7.11 Å². The summed E-state index contributed by atoms with van der Waals surface area (Å²) in [7, 11) is 3.69. The number of methoxy groups -OCH3 is 1. The highest BCUT2D eigenvalue weighted by Gasteiger charge is 2.42. The fourth-order valence-corrected chi connectivity index (χ4v) is 2.41. The van der Waals surface area contributed by atoms with Crippen LogP contribution in [0.3, 0.4) is 0 Å². The maximum Gasteiger partial charge on any atom is 0.128 e. The molecule has 2 rings (SSSR count). The Bertz CT molecular complexity index is 397. The van der Waals surface area contributed by atoms with Crippen LogP contribution < -0.4 is 10.1 Å². The zero-order valence-electron chi connectivity index (χ0n) is 10.4. The maximum absolute atomic E-state index is 5.94. The van der Waals surface area contributed by atoms with E-state index in [9.17, 15) is 0 Å². The van der Waals surface area contributed by atoms with E-state index in [2.05, 4.69) is 28.2 Å². The monoisotopic (exact) mass is 299 g/mol. The number of nitrogens with one attached hydrogen (secondary N) is 1. The molecule has 0 aromatic heterocycles. The van der Waals surface area contributed by atoms with Gasteiger partial charge in [-0.2, -0.15) is 0 Å². The SMILES string of the molecule is CNC1CC(Oc2ccc(Br)c(C)c2)C1OC. The predicted octanol–water partition coefficient (Wildman–Crippen LogP) is 2.51. The van der Waals surface area contributed by atoms with E-state index in [4.69, 9.17) is 9.47 Å². The zero-order chi connectivity index (χ0) is 12.4. The van der Waals surface area contributed by atoms with Gasteiger partial charge < -0.3 is 14.8 Å². The molecular weight excluding hydrogens is 282 g/mol. The van der Waals surface area contributed by atoms with Crippen LogP contribution in [0.15, 0.2) is 22.7 Å². The van der Waals surface area contributed by atoms with E-state index in [0.29, 0.717) is 6.04 Å². The molecule has 3 atom stereocenters. The lowest BCUT2D eigenvalue weighted by Gasteiger charge is -2.43. The van der Waals surface area contributed by atoms with Gasteiger partial charge in [0.15, 0.2) is 0 Å². The van der Waals surface area contributed by atoms with Crippen LogP contribution >= 0.6 is 15.9 Å². The Balaban J connectivity index is 2.00. The minimum Gasteiger partial charge on any atom is -0.488 e. The van der Waals surface area contributed by atoms with Crippen molar-refractivity contribution in [2.75, 3.05) is 14.2 Å². The molecule has 1 aliphatic rings. The molecule has 0 saturated heterocycles. The second-order valence-corrected chi connectivity index (χ2v) is 5.25. The third-order valence-corrected chi connectivity index (χ3v) is 4.20. The normalized spacial score (nSPS) is 27.6. The van der Waals surface area contributed by atoms with E-state index in [-0.39, 0.29) is 12.2 Å². The Hall–Kier alpha value is -0.580. The summed E-state index contributed by atoms with van der Waals surface area (Å²) in [6.07, 6.45) is 1.28. The second-order valence-electron chi connectivity index (χ2n) is 4.40. The molecule has 0 aliphatic heterocycles. The van der Waals surface area contributed by atoms with Crippen LogP contribution in [0.4, 0.5) is 0 Å². The van der Waals surface area contributed by atoms with Gasteiger partial charge in [0.05, 0.1) is 0 Å². The van der Waals surface area contributed by atoms with E-state index in [1.807, 2.05) is 25.2 Å². The molecule has 1 saturated carbocycles. The molecular formula is C13H18BrNO2. The molecule has 1 fully saturated rings. The van der Waals surface area contributed by atoms with Gasteiger partial charge in [-0.3, -0.25) is 0 Å². The van der Waals surface area contributed by atoms with Gasteiger partial charge in [-0.1, -0.05) is 15.9 Å². The molecule has 0 heterocycles. The minimum absolute atomic E-state index is 0.143. The van der Waals surface area contributed by atoms with Gasteiger partial charge in [0.2, 0.25) is 0 Å². The summed E-state index contributed by atoms with van der Waals surface area (Å²) in [6, 6.07) is 6.45. The number of benzene rings is 1. The maximum atomic E-state index is 5.94. The average Bonchev–Trinajstić information content (AvgIpc) is 2.29. The molecule has 1 N–H and O–H groups in total. The standard InChI is InChI=1S/C13H18BrNO2/c1-8-6-9(4-5-10(8)14)17-12-7-11(15-2)13(12)16-3/h4-6,11-13,15H,7H2,1-3H3. The van der Waals surface area contributed by atoms with Gasteiger partial charge in [0, 0.05) is 24.0 Å². The summed E-state index contributed by atoms with van der Waals surface area (Å²) in [5.41, 5.74) is 1.18. The molecule has 3 nitrogen and oxygen atoms in total. The summed E-state index contributed by atoms with van der Waals surface area (Å²) >= 11 is 3.48. The summed E-state index contributed by atoms with van der Waals surface area (Å²) in [5, 5.41) is 3.23. The molecule has 1 aromatic rings. The van der Waals surface area contributed by atoms with Gasteiger partial charge >= 0.3 is 0 Å². The van der Waals surface area contributed by atoms with Crippen molar-refractivity contribution in [3.8, 4) is 5.75 Å². The Morgan fingerprint density at radius 2 is 2.18 bits per heavy atom. The number of aryl methyl sites for hydroxylation is 1. The van der Waals surface area contributed by atoms with Crippen molar-refractivity contribution in [2.24, 2.45) is 0 Å². The van der Waals surface area contributed by atoms with Crippen LogP contribution in [0.1, 0.15) is 12.0 Å². The van der Waals surface area contributed by atoms with E-state index in [1.165, 1.54) is 5.56 Å². The quantitative estimate of drug-likeness (QED) is 0.927. The highest BCUT2D eigenvalue weighted by atomic mass is 79.9. The fraction of sp³-hybridized carbons (Fsp3) is 0.538. The molecule has 0 spiro atoms. The van der Waals surface area contributed by atoms with Crippen molar-refractivity contribution in [1.29, 1.82) is 0 Å². The molecule has 4 heteroatoms. The van der Waals surface area contributed by atoms with E-state index >= 15 is 0 Å². The van der Waals surface area contributed by atoms with Crippen molar-refractivity contribution < 1.29 is 9.47 Å². The third-order valence-electron chi connectivity index (χ3n) is 3.31. The molecule has 94 valence electrons. The largest absolute Gasteiger partial charge is 0.488 e. The zero-order valence-corrected chi connectivity index (χ0v) is 12.0. The predicted molar refractivity (Wildman–Crippen MR) is 71.6 cm³/mol. The number of halogens is 1. The first kappa shape index (κ1) is 12.9. The Kier molecular flexibility index (Phi) is 4.07. The lowest BCUT2D eigenvalue weighted by Crippen LogP contribution is -2.60. The van der Waals surface area contributed by atoms with Gasteiger partial charge in [-0.05, 0) is 37.7 Å². The minimum atomic E-state index is 0.143. The smallest absolute Gasteiger partial charge is 0.128 e. The lowest BCUT2D eigenvalue weighted by molar-refractivity contribution is -0.0869. The van der Waals surface area contributed by atoms with Crippen molar-refractivity contribution >= 4 is 15.9 Å². The highest BCUT2D eigenvalue weighted by molar-refractivity contribution is 9.10. The Labute approximate surface area is 111 Å². The summed E-state index contributed by atoms with van der Waals surface area (Å²) in [4.78, 5) is 0. The number of rotatable bonds is 4. The first-order valence-electron chi connectivity index (χ1n) is 5.78. The molecule has 0 amide bonds. The van der Waals surface area contributed by atoms with Crippen LogP contribution in [0.2, 0.25) is 0 Å². The van der Waals surface area contributed by atoms with Gasteiger partial charge in [-0.15, -0.1) is 0 Å². The number of hydrogen-bond donors (Lipinski definition) is 1. The third kappa shape index (κ3) is 2.64. The highest BCUT2D eigenvalue weighted by Crippen LogP contribution is 2.30. The second kappa shape index (κ2) is 5.38. The van der Waals surface area contributed by atoms with Crippen LogP contribution in [0, 0.1) is 6.92 Å². The van der Waals surface area contributed by atoms with Gasteiger partial charge in [0.25, 0.3) is 0 Å². The average molecular weight is 300 g/mol. The van der Waals surface area contributed by atoms with Crippen molar-refractivity contribution in [1.82, 2.24) is 5.32 Å². The molecule has 0 bridgehead atoms. The Morgan fingerprint density at radius 1 is 1.41 bits per heavy atom. The van der Waals surface area contributed by atoms with Gasteiger partial charge in [-0.25, -0.2) is 0 Å². The first-order chi connectivity index (χ1) is 8.15. The van der Waals surface area contributed by atoms with Gasteiger partial charge in [0.1, 0.15) is 18.0 Å². The topological polar surface area (TPSA) is 30.5 Å². The number of hydrogen-bond acceptors (Lipinski definition) is 3. The van der Waals surface area contributed by atoms with Crippen LogP contribution in [0.5, 0.6) is 5.75 Å². The summed E-state index contributed by atoms with van der Waals surface area (Å²) in [6.45, 7) is 2.06. The molecule has 3 unspecified atom stereocenters. The van der Waals surface area contributed by atoms with Crippen LogP contribution in [-0.2, 0) is 4.74 Å². The van der Waals surface area contributed by atoms with E-state index in [0.717, 1.165) is 16.6 Å². The molecule has 1 aliphatic carbocycles. The Morgan fingerprint density at radius 3 is 2.76 bits per heavy atom. The number of ether oxygens (including phenoxy) is 2. The fourth-order valence-electron chi connectivity index (χ4n) is 2.16. The van der Waals surface area contributed by atoms with Crippen LogP contribution in [-0.4, -0.2) is 32.4 Å². The molecule has 1 aromatic carbocycles. The van der Waals surface area contributed by atoms with E-state index < -0.39 is 0 Å². The first-order valence-corrected chi connectivity index (χ1v) is 6.58.